The van der Waals surface area contributed by atoms with Crippen LogP contribution in [0.1, 0.15) is 6.42 Å². The Balaban J connectivity index is 1.45. The van der Waals surface area contributed by atoms with Gasteiger partial charge in [-0.25, -0.2) is 17.7 Å². The third-order valence-electron chi connectivity index (χ3n) is 6.10. The first-order chi connectivity index (χ1) is 18.2. The third-order valence-corrected chi connectivity index (χ3v) is 7.37. The summed E-state index contributed by atoms with van der Waals surface area (Å²) < 4.78 is 36.8. The van der Waals surface area contributed by atoms with Gasteiger partial charge in [0.25, 0.3) is 0 Å². The van der Waals surface area contributed by atoms with Crippen LogP contribution in [0.2, 0.25) is 0 Å². The maximum Gasteiger partial charge on any atom is 0.247 e. The number of hydrogen-bond acceptors (Lipinski definition) is 9. The van der Waals surface area contributed by atoms with Gasteiger partial charge < -0.3 is 25.0 Å². The Morgan fingerprint density at radius 2 is 2.03 bits per heavy atom. The first kappa shape index (κ1) is 26.9. The minimum absolute atomic E-state index is 0.0400. The second kappa shape index (κ2) is 11.5. The molecule has 38 heavy (non-hydrogen) atoms. The molecule has 200 valence electrons. The lowest BCUT2D eigenvalue weighted by Gasteiger charge is -2.28. The molecule has 0 bridgehead atoms. The Morgan fingerprint density at radius 3 is 2.74 bits per heavy atom. The van der Waals surface area contributed by atoms with E-state index in [1.165, 1.54) is 16.6 Å². The summed E-state index contributed by atoms with van der Waals surface area (Å²) >= 11 is 0. The summed E-state index contributed by atoms with van der Waals surface area (Å²) in [5.41, 5.74) is 2.12. The molecule has 4 rings (SSSR count). The minimum atomic E-state index is -3.22. The summed E-state index contributed by atoms with van der Waals surface area (Å²) in [5, 5.41) is 5.84. The third kappa shape index (κ3) is 6.58. The van der Waals surface area contributed by atoms with E-state index in [1.54, 1.807) is 43.6 Å². The van der Waals surface area contributed by atoms with Crippen LogP contribution in [0.15, 0.2) is 67.4 Å². The Hall–Kier alpha value is -4.16. The van der Waals surface area contributed by atoms with Gasteiger partial charge in [-0.05, 0) is 36.8 Å². The second-order valence-electron chi connectivity index (χ2n) is 8.73. The molecule has 0 spiro atoms. The highest BCUT2D eigenvalue weighted by Gasteiger charge is 2.31. The number of carbonyl (C=O) groups excluding carboxylic acids is 1. The standard InChI is InChI=1S/C26H30N6O5S/c1-5-24(33)28-18-7-6-8-21(15-18)37-25-11-13-27-26(30-25)29-19-9-10-22(23(16-19)36-3)31(2)20-12-14-32(17-20)38(4,34)35/h5-11,13,15-16,20H,1,12,14,17H2,2-4H3,(H,28,33)(H,27,29,30)/t20-/m0/s1. The molecule has 1 fully saturated rings. The van der Waals surface area contributed by atoms with E-state index in [9.17, 15) is 13.2 Å². The van der Waals surface area contributed by atoms with Crippen molar-refractivity contribution in [1.29, 1.82) is 0 Å². The summed E-state index contributed by atoms with van der Waals surface area (Å²) in [6, 6.07) is 14.2. The van der Waals surface area contributed by atoms with Gasteiger partial charge in [0.05, 0.1) is 19.1 Å². The molecule has 0 aliphatic carbocycles. The van der Waals surface area contributed by atoms with Gasteiger partial charge in [0.1, 0.15) is 11.5 Å². The number of methoxy groups -OCH3 is 1. The summed E-state index contributed by atoms with van der Waals surface area (Å²) in [5.74, 6) is 1.44. The predicted molar refractivity (Wildman–Crippen MR) is 147 cm³/mol. The fraction of sp³-hybridized carbons (Fsp3) is 0.269. The predicted octanol–water partition coefficient (Wildman–Crippen LogP) is 3.62. The summed E-state index contributed by atoms with van der Waals surface area (Å²) in [7, 11) is 0.302. The fourth-order valence-corrected chi connectivity index (χ4v) is 4.99. The summed E-state index contributed by atoms with van der Waals surface area (Å²) in [6.07, 6.45) is 4.73. The van der Waals surface area contributed by atoms with Gasteiger partial charge in [-0.1, -0.05) is 12.6 Å². The Kier molecular flexibility index (Phi) is 8.13. The number of hydrogen-bond donors (Lipinski definition) is 2. The fourth-order valence-electron chi connectivity index (χ4n) is 4.11. The quantitative estimate of drug-likeness (QED) is 0.372. The highest BCUT2D eigenvalue weighted by molar-refractivity contribution is 7.88. The highest BCUT2D eigenvalue weighted by Crippen LogP contribution is 2.34. The second-order valence-corrected chi connectivity index (χ2v) is 10.7. The van der Waals surface area contributed by atoms with Crippen LogP contribution in [0.3, 0.4) is 0 Å². The normalized spacial score (nSPS) is 15.5. The van der Waals surface area contributed by atoms with Gasteiger partial charge in [0, 0.05) is 61.9 Å². The number of carbonyl (C=O) groups is 1. The van der Waals surface area contributed by atoms with Crippen molar-refractivity contribution in [2.24, 2.45) is 0 Å². The summed E-state index contributed by atoms with van der Waals surface area (Å²) in [6.45, 7) is 4.38. The monoisotopic (exact) mass is 538 g/mol. The van der Waals surface area contributed by atoms with Gasteiger partial charge in [-0.3, -0.25) is 4.79 Å². The molecule has 1 aliphatic rings. The van der Waals surface area contributed by atoms with Crippen LogP contribution in [0.5, 0.6) is 17.4 Å². The topological polar surface area (TPSA) is 126 Å². The van der Waals surface area contributed by atoms with E-state index in [0.29, 0.717) is 47.8 Å². The van der Waals surface area contributed by atoms with E-state index in [1.807, 2.05) is 30.1 Å². The van der Waals surface area contributed by atoms with Gasteiger partial charge in [0.15, 0.2) is 0 Å². The van der Waals surface area contributed by atoms with Gasteiger partial charge >= 0.3 is 0 Å². The molecule has 0 saturated carbocycles. The van der Waals surface area contributed by atoms with Crippen molar-refractivity contribution in [3.63, 3.8) is 0 Å². The number of likely N-dealkylation sites (N-methyl/N-ethyl adjacent to an activating group) is 1. The van der Waals surface area contributed by atoms with Crippen LogP contribution in [0.25, 0.3) is 0 Å². The first-order valence-corrected chi connectivity index (χ1v) is 13.7. The molecule has 1 saturated heterocycles. The number of nitrogens with one attached hydrogen (secondary N) is 2. The molecule has 1 amide bonds. The van der Waals surface area contributed by atoms with E-state index in [2.05, 4.69) is 27.2 Å². The molecular weight excluding hydrogens is 508 g/mol. The van der Waals surface area contributed by atoms with Gasteiger partial charge in [-0.15, -0.1) is 0 Å². The Morgan fingerprint density at radius 1 is 1.21 bits per heavy atom. The Labute approximate surface area is 222 Å². The summed E-state index contributed by atoms with van der Waals surface area (Å²) in [4.78, 5) is 22.3. The lowest BCUT2D eigenvalue weighted by atomic mass is 10.1. The largest absolute Gasteiger partial charge is 0.495 e. The lowest BCUT2D eigenvalue weighted by Crippen LogP contribution is -2.36. The minimum Gasteiger partial charge on any atom is -0.495 e. The first-order valence-electron chi connectivity index (χ1n) is 11.8. The zero-order chi connectivity index (χ0) is 27.3. The molecule has 1 aliphatic heterocycles. The van der Waals surface area contributed by atoms with E-state index in [-0.39, 0.29) is 11.9 Å². The van der Waals surface area contributed by atoms with Crippen LogP contribution >= 0.6 is 0 Å². The van der Waals surface area contributed by atoms with Crippen molar-refractivity contribution in [2.75, 3.05) is 49.0 Å². The van der Waals surface area contributed by atoms with Crippen LogP contribution < -0.4 is 25.0 Å². The smallest absolute Gasteiger partial charge is 0.247 e. The van der Waals surface area contributed by atoms with E-state index >= 15 is 0 Å². The molecule has 3 aromatic rings. The molecule has 2 aromatic carbocycles. The molecule has 12 heteroatoms. The van der Waals surface area contributed by atoms with Crippen molar-refractivity contribution < 1.29 is 22.7 Å². The molecule has 1 atom stereocenters. The number of amides is 1. The number of anilines is 4. The zero-order valence-corrected chi connectivity index (χ0v) is 22.2. The van der Waals surface area contributed by atoms with E-state index < -0.39 is 10.0 Å². The number of nitrogens with zero attached hydrogens (tertiary/aromatic N) is 4. The van der Waals surface area contributed by atoms with E-state index in [4.69, 9.17) is 9.47 Å². The number of rotatable bonds is 10. The average molecular weight is 539 g/mol. The number of ether oxygens (including phenoxy) is 2. The molecule has 2 N–H and O–H groups in total. The van der Waals surface area contributed by atoms with E-state index in [0.717, 1.165) is 12.1 Å². The lowest BCUT2D eigenvalue weighted by molar-refractivity contribution is -0.111. The molecular formula is C26H30N6O5S. The number of sulfonamides is 1. The van der Waals surface area contributed by atoms with Crippen molar-refractivity contribution in [3.05, 3.63) is 67.4 Å². The maximum absolute atomic E-state index is 11.9. The molecule has 0 radical (unpaired) electrons. The van der Waals surface area contributed by atoms with Crippen molar-refractivity contribution in [2.45, 2.75) is 12.5 Å². The van der Waals surface area contributed by atoms with Crippen LogP contribution in [0.4, 0.5) is 23.0 Å². The van der Waals surface area contributed by atoms with Crippen molar-refractivity contribution in [1.82, 2.24) is 14.3 Å². The van der Waals surface area contributed by atoms with Crippen molar-refractivity contribution >= 4 is 38.9 Å². The molecule has 11 nitrogen and oxygen atoms in total. The maximum atomic E-state index is 11.9. The molecule has 0 unspecified atom stereocenters. The van der Waals surface area contributed by atoms with Crippen molar-refractivity contribution in [3.8, 4) is 17.4 Å². The van der Waals surface area contributed by atoms with Gasteiger partial charge in [-0.2, -0.15) is 4.98 Å². The molecule has 2 heterocycles. The average Bonchev–Trinajstić information content (AvgIpc) is 3.40. The van der Waals surface area contributed by atoms with Crippen LogP contribution in [-0.2, 0) is 14.8 Å². The molecule has 1 aromatic heterocycles. The van der Waals surface area contributed by atoms with Crippen LogP contribution in [-0.4, -0.2) is 68.1 Å². The number of benzene rings is 2. The van der Waals surface area contributed by atoms with Crippen LogP contribution in [0, 0.1) is 0 Å². The SMILES string of the molecule is C=CC(=O)Nc1cccc(Oc2ccnc(Nc3ccc(N(C)[C@H]4CCN(S(C)(=O)=O)C4)c(OC)c3)n2)c1. The highest BCUT2D eigenvalue weighted by atomic mass is 32.2. The number of aromatic nitrogens is 2. The Bertz CT molecular complexity index is 1430. The zero-order valence-electron chi connectivity index (χ0n) is 21.4. The van der Waals surface area contributed by atoms with Gasteiger partial charge in [0.2, 0.25) is 27.8 Å².